The van der Waals surface area contributed by atoms with Crippen molar-refractivity contribution in [3.63, 3.8) is 0 Å². The highest BCUT2D eigenvalue weighted by Gasteiger charge is 2.52. The quantitative estimate of drug-likeness (QED) is 0.0238. The van der Waals surface area contributed by atoms with Crippen molar-refractivity contribution in [1.29, 1.82) is 0 Å². The number of aliphatic hydroxyl groups is 2. The van der Waals surface area contributed by atoms with Crippen molar-refractivity contribution in [3.8, 4) is 0 Å². The number of phosphoric ester groups is 3. The van der Waals surface area contributed by atoms with E-state index < -0.39 is 141 Å². The minimum Gasteiger partial charge on any atom is -0.756 e. The van der Waals surface area contributed by atoms with Gasteiger partial charge in [-0.3, -0.25) is 51.5 Å². The zero-order chi connectivity index (χ0) is 58.0. The fourth-order valence-corrected chi connectivity index (χ4v) is 14.4. The lowest BCUT2D eigenvalue weighted by Gasteiger charge is -2.35. The summed E-state index contributed by atoms with van der Waals surface area (Å²) in [6.07, 6.45) is -10.9. The molecule has 0 amide bonds. The first-order chi connectivity index (χ1) is 37.6. The summed E-state index contributed by atoms with van der Waals surface area (Å²) >= 11 is 0.998. The van der Waals surface area contributed by atoms with E-state index >= 15 is 0 Å². The second-order valence-corrected chi connectivity index (χ2v) is 24.8. The number of aliphatic hydroxyl groups excluding tert-OH is 2. The Bertz CT molecular complexity index is 3590. The number of nitrogen functional groups attached to an aromatic ring is 2. The van der Waals surface area contributed by atoms with E-state index in [1.54, 1.807) is 13.8 Å². The molecule has 9 heterocycles. The van der Waals surface area contributed by atoms with Gasteiger partial charge in [-0.05, 0) is 20.1 Å². The van der Waals surface area contributed by atoms with Gasteiger partial charge in [0.15, 0.2) is 41.4 Å². The summed E-state index contributed by atoms with van der Waals surface area (Å²) in [5.74, 6) is -0.309. The molecule has 0 bridgehead atoms. The molecule has 3 fully saturated rings. The maximum absolute atomic E-state index is 13.9. The van der Waals surface area contributed by atoms with E-state index in [1.807, 2.05) is 0 Å². The van der Waals surface area contributed by atoms with Gasteiger partial charge in [0.25, 0.3) is 48.4 Å². The zero-order valence-electron chi connectivity index (χ0n) is 42.2. The maximum Gasteiger partial charge on any atom is 0.313 e. The highest BCUT2D eigenvalue weighted by atomic mass is 32.2. The average Bonchev–Trinajstić information content (AvgIpc) is 4.22. The van der Waals surface area contributed by atoms with Gasteiger partial charge in [0, 0.05) is 14.2 Å². The molecule has 0 saturated carbocycles. The summed E-state index contributed by atoms with van der Waals surface area (Å²) in [7, 11) is -20.5. The van der Waals surface area contributed by atoms with E-state index in [2.05, 4.69) is 53.8 Å². The first-order valence-electron chi connectivity index (χ1n) is 23.3. The van der Waals surface area contributed by atoms with E-state index in [-0.39, 0.29) is 51.2 Å². The van der Waals surface area contributed by atoms with Gasteiger partial charge in [-0.2, -0.15) is 16.7 Å². The lowest BCUT2D eigenvalue weighted by Crippen LogP contribution is -2.45. The average molecular weight is 1230 g/mol. The topological polar surface area (TPSA) is 528 Å². The number of nitrogens with two attached hydrogens (primary N) is 2. The summed E-state index contributed by atoms with van der Waals surface area (Å²) in [4.78, 5) is 107. The van der Waals surface area contributed by atoms with Crippen molar-refractivity contribution in [2.24, 2.45) is 7.05 Å². The van der Waals surface area contributed by atoms with Crippen LogP contribution in [0.3, 0.4) is 0 Å². The fourth-order valence-electron chi connectivity index (χ4n) is 9.17. The third-order valence-corrected chi connectivity index (χ3v) is 18.6. The van der Waals surface area contributed by atoms with Crippen molar-refractivity contribution in [2.45, 2.75) is 92.7 Å². The number of aromatic nitrogens is 12. The number of H-pyrrole nitrogens is 2. The van der Waals surface area contributed by atoms with Crippen LogP contribution >= 0.6 is 43.1 Å². The maximum atomic E-state index is 13.9. The van der Waals surface area contributed by atoms with E-state index in [9.17, 15) is 57.6 Å². The van der Waals surface area contributed by atoms with Crippen LogP contribution in [0.5, 0.6) is 0 Å². The number of ether oxygens (including phenoxy) is 5. The van der Waals surface area contributed by atoms with Crippen molar-refractivity contribution in [1.82, 2.24) is 53.6 Å². The number of fused-ring (bicyclic) bond motifs is 3. The van der Waals surface area contributed by atoms with E-state index in [0.29, 0.717) is 0 Å². The second kappa shape index (κ2) is 23.1. The smallest absolute Gasteiger partial charge is 0.313 e. The molecular formula is C37H50N15O23P4S-3. The molecule has 9 rings (SSSR count). The molecule has 16 atom stereocenters. The summed E-state index contributed by atoms with van der Waals surface area (Å²) in [5.41, 5.74) is 10.2. The number of aryl methyl sites for hydroxylation is 1. The molecule has 38 nitrogen and oxygen atoms in total. The number of aromatic amines is 2. The van der Waals surface area contributed by atoms with Crippen LogP contribution in [0.15, 0.2) is 34.9 Å². The van der Waals surface area contributed by atoms with Gasteiger partial charge >= 0.3 is 5.65 Å². The van der Waals surface area contributed by atoms with Gasteiger partial charge in [0.2, 0.25) is 17.7 Å². The molecule has 6 aromatic rings. The van der Waals surface area contributed by atoms with Gasteiger partial charge in [-0.15, -0.1) is 0 Å². The van der Waals surface area contributed by atoms with Crippen molar-refractivity contribution in [2.75, 3.05) is 57.0 Å². The third kappa shape index (κ3) is 12.3. The van der Waals surface area contributed by atoms with Gasteiger partial charge in [0.05, 0.1) is 50.9 Å². The molecule has 3 aliphatic rings. The SMILES string of the molecule is CNc1ncnc2c1ncn2[C@@H]1O[C@H](COP(=O)([O-])OP(=O)([O-])OP(=O)([O-])OC[C@H]2O[C@@H]([n+]3cn(C)c4c(=O)[nH]c(N)nc43)C(O)[C@H]2SC)[C@H](OP(=O)([O-])OC[C@H]2O[C@@H](n3cnc4c(=O)[nH]c(N)nc43)C(O)[C@H]2OC(C)C)C1OC. The summed E-state index contributed by atoms with van der Waals surface area (Å²) in [6, 6.07) is 0. The molecule has 9 N–H and O–H groups in total. The first kappa shape index (κ1) is 59.8. The predicted molar refractivity (Wildman–Crippen MR) is 261 cm³/mol. The van der Waals surface area contributed by atoms with Gasteiger partial charge in [0.1, 0.15) is 60.7 Å². The third-order valence-electron chi connectivity index (χ3n) is 12.4. The number of anilines is 3. The van der Waals surface area contributed by atoms with E-state index in [1.165, 1.54) is 51.3 Å². The van der Waals surface area contributed by atoms with Gasteiger partial charge < -0.3 is 88.4 Å². The Morgan fingerprint density at radius 3 is 2.00 bits per heavy atom. The summed E-state index contributed by atoms with van der Waals surface area (Å²) in [6.45, 7) is -0.0367. The van der Waals surface area contributed by atoms with Crippen LogP contribution in [0.25, 0.3) is 33.5 Å². The molecule has 6 aromatic heterocycles. The minimum atomic E-state index is -6.53. The van der Waals surface area contributed by atoms with Crippen LogP contribution in [0, 0.1) is 0 Å². The summed E-state index contributed by atoms with van der Waals surface area (Å²) in [5, 5.41) is 24.5. The van der Waals surface area contributed by atoms with Gasteiger partial charge in [-0.25, -0.2) is 33.1 Å². The molecule has 7 unspecified atom stereocenters. The predicted octanol–water partition coefficient (Wildman–Crippen LogP) is -3.98. The molecule has 43 heteroatoms. The number of thioether (sulfide) groups is 1. The van der Waals surface area contributed by atoms with Crippen LogP contribution < -0.4 is 52.0 Å². The number of nitrogens with one attached hydrogen (secondary N) is 3. The lowest BCUT2D eigenvalue weighted by atomic mass is 10.1. The molecule has 3 aliphatic heterocycles. The zero-order valence-corrected chi connectivity index (χ0v) is 46.6. The van der Waals surface area contributed by atoms with Crippen LogP contribution in [0.1, 0.15) is 32.5 Å². The largest absolute Gasteiger partial charge is 0.756 e. The Hall–Kier alpha value is -4.76. The van der Waals surface area contributed by atoms with Gasteiger partial charge in [-0.1, -0.05) is 4.98 Å². The van der Waals surface area contributed by atoms with Crippen LogP contribution in [-0.4, -0.2) is 164 Å². The molecule has 0 aliphatic carbocycles. The molecule has 3 saturated heterocycles. The number of rotatable bonds is 23. The van der Waals surface area contributed by atoms with Crippen molar-refractivity contribution in [3.05, 3.63) is 46.0 Å². The highest BCUT2D eigenvalue weighted by Crippen LogP contribution is 2.63. The number of hydrogen-bond acceptors (Lipinski definition) is 33. The summed E-state index contributed by atoms with van der Waals surface area (Å²) < 4.78 is 116. The molecular weight excluding hydrogens is 1180 g/mol. The van der Waals surface area contributed by atoms with E-state index in [0.717, 1.165) is 31.5 Å². The Morgan fingerprint density at radius 1 is 0.775 bits per heavy atom. The molecule has 440 valence electrons. The number of nitrogens with zero attached hydrogens (tertiary/aromatic N) is 10. The standard InChI is InChI=1S/C37H53N15O23P4S/c1-14(2)69-23-15(70-33(21(23)53)51-12-44-19-29(51)45-36(38)47-31(19)55)7-66-76(57,58)73-24-16(71-35(25(24)65-5)50-11-43-18-27(40-3)41-10-42-28(18)50)8-67-77(59,60)74-79(63,64)75-78(61,62)68-9-17-26(80-6)22(54)34(72-17)52-13-49(4)20-30(52)46-37(39)48-32(20)56/h10-17,21-26,33-35,53-54H,7-9H2,1-6H3,(H10-,38,39,40,41,42,45,46,47,48,55,56,57,58,59,60,61,62,63,64)/p-3/t15-,16-,17-,21?,22?,23+,24+,25?,26+,33-,34-,35-/m1/s1. The van der Waals surface area contributed by atoms with Crippen molar-refractivity contribution < 1.29 is 103 Å². The number of hydrogen-bond donors (Lipinski definition) is 7. The van der Waals surface area contributed by atoms with Crippen molar-refractivity contribution >= 4 is 94.3 Å². The molecule has 0 radical (unpaired) electrons. The normalized spacial score (nSPS) is 29.4. The van der Waals surface area contributed by atoms with Crippen LogP contribution in [0.2, 0.25) is 0 Å². The molecule has 0 spiro atoms. The van der Waals surface area contributed by atoms with Crippen LogP contribution in [-0.2, 0) is 75.7 Å². The molecule has 80 heavy (non-hydrogen) atoms. The number of methoxy groups -OCH3 is 1. The Balaban J connectivity index is 0.889. The van der Waals surface area contributed by atoms with E-state index in [4.69, 9.17) is 53.2 Å². The molecule has 0 aromatic carbocycles. The highest BCUT2D eigenvalue weighted by molar-refractivity contribution is 7.99. The first-order valence-corrected chi connectivity index (χ1v) is 30.4. The Morgan fingerprint density at radius 2 is 1.36 bits per heavy atom. The number of imidazole rings is 3. The Labute approximate surface area is 452 Å². The van der Waals surface area contributed by atoms with Crippen LogP contribution in [0.4, 0.5) is 17.7 Å². The monoisotopic (exact) mass is 1230 g/mol. The number of phosphoric acid groups is 4. The Kier molecular flexibility index (Phi) is 17.3. The minimum absolute atomic E-state index is 0.0159. The second-order valence-electron chi connectivity index (χ2n) is 18.0. The fraction of sp³-hybridized carbons (Fsp3) is 0.595. The lowest BCUT2D eigenvalue weighted by molar-refractivity contribution is -0.745.